The number of piperazine rings is 1. The van der Waals surface area contributed by atoms with Crippen molar-refractivity contribution in [2.45, 2.75) is 25.9 Å². The van der Waals surface area contributed by atoms with Crippen molar-refractivity contribution in [1.82, 2.24) is 10.2 Å². The molecule has 0 aromatic heterocycles. The highest BCUT2D eigenvalue weighted by atomic mass is 16.2. The lowest BCUT2D eigenvalue weighted by Gasteiger charge is -2.34. The van der Waals surface area contributed by atoms with Crippen LogP contribution in [-0.2, 0) is 9.59 Å². The van der Waals surface area contributed by atoms with Crippen molar-refractivity contribution in [2.24, 2.45) is 5.73 Å². The number of rotatable bonds is 2. The van der Waals surface area contributed by atoms with Gasteiger partial charge in [0.25, 0.3) is 0 Å². The molecule has 1 rings (SSSR count). The van der Waals surface area contributed by atoms with Gasteiger partial charge in [0, 0.05) is 12.6 Å². The summed E-state index contributed by atoms with van der Waals surface area (Å²) in [5, 5.41) is 2.57. The fourth-order valence-corrected chi connectivity index (χ4v) is 1.33. The van der Waals surface area contributed by atoms with Gasteiger partial charge >= 0.3 is 0 Å². The Morgan fingerprint density at radius 1 is 1.69 bits per heavy atom. The summed E-state index contributed by atoms with van der Waals surface area (Å²) in [7, 11) is 0. The molecule has 0 aromatic carbocycles. The molecular formula is C8H15N3O2. The quantitative estimate of drug-likeness (QED) is 0.560. The van der Waals surface area contributed by atoms with Gasteiger partial charge in [-0.25, -0.2) is 0 Å². The Kier molecular flexibility index (Phi) is 2.87. The molecule has 0 aliphatic carbocycles. The van der Waals surface area contributed by atoms with Gasteiger partial charge in [0.15, 0.2) is 0 Å². The molecular weight excluding hydrogens is 170 g/mol. The van der Waals surface area contributed by atoms with Crippen molar-refractivity contribution in [1.29, 1.82) is 0 Å². The maximum Gasteiger partial charge on any atom is 0.245 e. The third kappa shape index (κ3) is 1.98. The summed E-state index contributed by atoms with van der Waals surface area (Å²) >= 11 is 0. The molecule has 0 saturated carbocycles. The SMILES string of the molecule is CC1NC(=O)CN(C(C)CN)C1=O. The van der Waals surface area contributed by atoms with Crippen LogP contribution in [0.5, 0.6) is 0 Å². The molecule has 74 valence electrons. The van der Waals surface area contributed by atoms with Gasteiger partial charge in [0.1, 0.15) is 6.04 Å². The lowest BCUT2D eigenvalue weighted by Crippen LogP contribution is -2.60. The Labute approximate surface area is 77.3 Å². The first-order chi connectivity index (χ1) is 6.06. The van der Waals surface area contributed by atoms with E-state index in [2.05, 4.69) is 5.32 Å². The topological polar surface area (TPSA) is 75.4 Å². The molecule has 1 heterocycles. The van der Waals surface area contributed by atoms with Crippen LogP contribution in [0.15, 0.2) is 0 Å². The van der Waals surface area contributed by atoms with E-state index in [0.717, 1.165) is 0 Å². The molecule has 5 nitrogen and oxygen atoms in total. The minimum Gasteiger partial charge on any atom is -0.343 e. The van der Waals surface area contributed by atoms with E-state index in [4.69, 9.17) is 5.73 Å². The largest absolute Gasteiger partial charge is 0.343 e. The Balaban J connectivity index is 2.71. The highest BCUT2D eigenvalue weighted by molar-refractivity contribution is 5.94. The number of nitrogens with zero attached hydrogens (tertiary/aromatic N) is 1. The van der Waals surface area contributed by atoms with Gasteiger partial charge in [-0.05, 0) is 13.8 Å². The first-order valence-electron chi connectivity index (χ1n) is 4.36. The van der Waals surface area contributed by atoms with Gasteiger partial charge in [-0.1, -0.05) is 0 Å². The monoisotopic (exact) mass is 185 g/mol. The molecule has 2 unspecified atom stereocenters. The molecule has 3 N–H and O–H groups in total. The Morgan fingerprint density at radius 2 is 2.31 bits per heavy atom. The lowest BCUT2D eigenvalue weighted by atomic mass is 10.1. The highest BCUT2D eigenvalue weighted by Gasteiger charge is 2.31. The van der Waals surface area contributed by atoms with Crippen LogP contribution in [0.4, 0.5) is 0 Å². The van der Waals surface area contributed by atoms with Crippen LogP contribution < -0.4 is 11.1 Å². The first kappa shape index (κ1) is 9.98. The predicted molar refractivity (Wildman–Crippen MR) is 47.8 cm³/mol. The van der Waals surface area contributed by atoms with Crippen LogP contribution in [0.1, 0.15) is 13.8 Å². The van der Waals surface area contributed by atoms with E-state index in [9.17, 15) is 9.59 Å². The molecule has 0 spiro atoms. The van der Waals surface area contributed by atoms with Crippen LogP contribution in [0.3, 0.4) is 0 Å². The van der Waals surface area contributed by atoms with Crippen molar-refractivity contribution in [3.8, 4) is 0 Å². The third-order valence-electron chi connectivity index (χ3n) is 2.22. The van der Waals surface area contributed by atoms with Crippen molar-refractivity contribution in [3.05, 3.63) is 0 Å². The van der Waals surface area contributed by atoms with E-state index in [1.807, 2.05) is 6.92 Å². The molecule has 1 saturated heterocycles. The lowest BCUT2D eigenvalue weighted by molar-refractivity contribution is -0.145. The van der Waals surface area contributed by atoms with Crippen molar-refractivity contribution in [2.75, 3.05) is 13.1 Å². The summed E-state index contributed by atoms with van der Waals surface area (Å²) in [5.41, 5.74) is 5.43. The van der Waals surface area contributed by atoms with Crippen LogP contribution in [0, 0.1) is 0 Å². The van der Waals surface area contributed by atoms with Gasteiger partial charge in [0.2, 0.25) is 11.8 Å². The highest BCUT2D eigenvalue weighted by Crippen LogP contribution is 2.05. The van der Waals surface area contributed by atoms with Crippen molar-refractivity contribution in [3.63, 3.8) is 0 Å². The molecule has 0 bridgehead atoms. The summed E-state index contributed by atoms with van der Waals surface area (Å²) < 4.78 is 0. The normalized spacial score (nSPS) is 25.8. The molecule has 0 aromatic rings. The summed E-state index contributed by atoms with van der Waals surface area (Å²) in [6.07, 6.45) is 0. The average Bonchev–Trinajstić information content (AvgIpc) is 2.10. The molecule has 2 amide bonds. The maximum absolute atomic E-state index is 11.5. The number of carbonyl (C=O) groups excluding carboxylic acids is 2. The minimum absolute atomic E-state index is 0.0578. The van der Waals surface area contributed by atoms with Crippen LogP contribution in [-0.4, -0.2) is 41.9 Å². The van der Waals surface area contributed by atoms with Crippen LogP contribution >= 0.6 is 0 Å². The summed E-state index contributed by atoms with van der Waals surface area (Å²) in [6.45, 7) is 4.02. The number of nitrogens with one attached hydrogen (secondary N) is 1. The van der Waals surface area contributed by atoms with E-state index in [-0.39, 0.29) is 24.4 Å². The smallest absolute Gasteiger partial charge is 0.245 e. The van der Waals surface area contributed by atoms with Gasteiger partial charge < -0.3 is 16.0 Å². The van der Waals surface area contributed by atoms with Gasteiger partial charge in [0.05, 0.1) is 6.54 Å². The van der Waals surface area contributed by atoms with E-state index >= 15 is 0 Å². The number of hydrogen-bond acceptors (Lipinski definition) is 3. The van der Waals surface area contributed by atoms with Gasteiger partial charge in [-0.3, -0.25) is 9.59 Å². The fraction of sp³-hybridized carbons (Fsp3) is 0.750. The fourth-order valence-electron chi connectivity index (χ4n) is 1.33. The Bertz CT molecular complexity index is 229. The van der Waals surface area contributed by atoms with E-state index < -0.39 is 6.04 Å². The average molecular weight is 185 g/mol. The minimum atomic E-state index is -0.421. The Morgan fingerprint density at radius 3 is 2.85 bits per heavy atom. The molecule has 0 radical (unpaired) electrons. The second kappa shape index (κ2) is 3.74. The third-order valence-corrected chi connectivity index (χ3v) is 2.22. The van der Waals surface area contributed by atoms with Crippen molar-refractivity contribution >= 4 is 11.8 Å². The molecule has 1 aliphatic heterocycles. The van der Waals surface area contributed by atoms with Crippen LogP contribution in [0.2, 0.25) is 0 Å². The zero-order chi connectivity index (χ0) is 10.0. The van der Waals surface area contributed by atoms with E-state index in [0.29, 0.717) is 6.54 Å². The molecule has 2 atom stereocenters. The Hall–Kier alpha value is -1.10. The zero-order valence-electron chi connectivity index (χ0n) is 7.91. The van der Waals surface area contributed by atoms with Crippen molar-refractivity contribution < 1.29 is 9.59 Å². The predicted octanol–water partition coefficient (Wildman–Crippen LogP) is -1.32. The summed E-state index contributed by atoms with van der Waals surface area (Å²) in [4.78, 5) is 24.1. The number of nitrogens with two attached hydrogens (primary N) is 1. The van der Waals surface area contributed by atoms with Crippen LogP contribution in [0.25, 0.3) is 0 Å². The summed E-state index contributed by atoms with van der Waals surface area (Å²) in [5.74, 6) is -0.176. The van der Waals surface area contributed by atoms with Gasteiger partial charge in [-0.2, -0.15) is 0 Å². The zero-order valence-corrected chi connectivity index (χ0v) is 7.91. The first-order valence-corrected chi connectivity index (χ1v) is 4.36. The number of amides is 2. The number of carbonyl (C=O) groups is 2. The second-order valence-corrected chi connectivity index (χ2v) is 3.34. The molecule has 5 heteroatoms. The second-order valence-electron chi connectivity index (χ2n) is 3.34. The molecule has 1 aliphatic rings. The maximum atomic E-state index is 11.5. The van der Waals surface area contributed by atoms with E-state index in [1.54, 1.807) is 6.92 Å². The number of hydrogen-bond donors (Lipinski definition) is 2. The molecule has 1 fully saturated rings. The van der Waals surface area contributed by atoms with Gasteiger partial charge in [-0.15, -0.1) is 0 Å². The van der Waals surface area contributed by atoms with E-state index in [1.165, 1.54) is 4.90 Å². The molecule has 13 heavy (non-hydrogen) atoms. The summed E-state index contributed by atoms with van der Waals surface area (Å²) in [6, 6.07) is -0.490. The standard InChI is InChI=1S/C8H15N3O2/c1-5(3-9)11-4-7(12)10-6(2)8(11)13/h5-6H,3-4,9H2,1-2H3,(H,10,12).